The molecule has 2 saturated heterocycles. The van der Waals surface area contributed by atoms with Crippen molar-refractivity contribution < 1.29 is 9.53 Å². The number of carbonyl (C=O) groups excluding carboxylic acids is 1. The van der Waals surface area contributed by atoms with Gasteiger partial charge in [0.15, 0.2) is 0 Å². The van der Waals surface area contributed by atoms with Gasteiger partial charge in [-0.3, -0.25) is 9.69 Å². The smallest absolute Gasteiger partial charge is 0.249 e. The first-order valence-electron chi connectivity index (χ1n) is 7.94. The van der Waals surface area contributed by atoms with E-state index in [-0.39, 0.29) is 24.2 Å². The van der Waals surface area contributed by atoms with Gasteiger partial charge >= 0.3 is 0 Å². The molecule has 2 aliphatic rings. The van der Waals surface area contributed by atoms with E-state index >= 15 is 0 Å². The minimum absolute atomic E-state index is 0.0824. The van der Waals surface area contributed by atoms with Crippen LogP contribution in [0.2, 0.25) is 0 Å². The Labute approximate surface area is 136 Å². The molecular weight excluding hydrogens is 296 g/mol. The second-order valence-corrected chi connectivity index (χ2v) is 7.25. The van der Waals surface area contributed by atoms with Crippen LogP contribution in [0.15, 0.2) is 30.2 Å². The minimum Gasteiger partial charge on any atom is -0.363 e. The first kappa shape index (κ1) is 15.7. The highest BCUT2D eigenvalue weighted by atomic mass is 32.1. The Bertz CT molecular complexity index is 521. The van der Waals surface area contributed by atoms with Crippen LogP contribution < -0.4 is 0 Å². The van der Waals surface area contributed by atoms with E-state index in [9.17, 15) is 4.79 Å². The van der Waals surface area contributed by atoms with E-state index in [4.69, 9.17) is 4.74 Å². The van der Waals surface area contributed by atoms with Gasteiger partial charge in [0.1, 0.15) is 6.61 Å². The molecule has 0 radical (unpaired) electrons. The van der Waals surface area contributed by atoms with E-state index in [1.54, 1.807) is 6.08 Å². The number of likely N-dealkylation sites (tertiary alicyclic amines) is 1. The summed E-state index contributed by atoms with van der Waals surface area (Å²) in [6.45, 7) is 9.79. The number of morpholine rings is 1. The molecule has 2 aliphatic heterocycles. The SMILES string of the molecule is C=CCN1C(=O)COC2(CCN(Cc3cccs3)CC2)C1C. The number of hydrogen-bond donors (Lipinski definition) is 0. The van der Waals surface area contributed by atoms with Crippen LogP contribution in [0.3, 0.4) is 0 Å². The summed E-state index contributed by atoms with van der Waals surface area (Å²) in [7, 11) is 0. The molecule has 1 aromatic rings. The first-order chi connectivity index (χ1) is 10.6. The molecule has 0 aliphatic carbocycles. The lowest BCUT2D eigenvalue weighted by Crippen LogP contribution is -2.63. The van der Waals surface area contributed by atoms with Gasteiger partial charge in [-0.15, -0.1) is 17.9 Å². The molecule has 4 nitrogen and oxygen atoms in total. The fourth-order valence-electron chi connectivity index (χ4n) is 3.58. The number of carbonyl (C=O) groups is 1. The highest BCUT2D eigenvalue weighted by molar-refractivity contribution is 7.09. The largest absolute Gasteiger partial charge is 0.363 e. The topological polar surface area (TPSA) is 32.8 Å². The quantitative estimate of drug-likeness (QED) is 0.799. The zero-order valence-electron chi connectivity index (χ0n) is 13.2. The molecule has 2 fully saturated rings. The molecular formula is C17H24N2O2S. The minimum atomic E-state index is -0.178. The normalized spacial score (nSPS) is 25.6. The van der Waals surface area contributed by atoms with Crippen molar-refractivity contribution in [2.24, 2.45) is 0 Å². The van der Waals surface area contributed by atoms with Crippen LogP contribution >= 0.6 is 11.3 Å². The van der Waals surface area contributed by atoms with Crippen LogP contribution in [0.25, 0.3) is 0 Å². The molecule has 1 unspecified atom stereocenters. The van der Waals surface area contributed by atoms with Crippen molar-refractivity contribution in [2.75, 3.05) is 26.2 Å². The molecule has 22 heavy (non-hydrogen) atoms. The van der Waals surface area contributed by atoms with E-state index in [0.29, 0.717) is 6.54 Å². The summed E-state index contributed by atoms with van der Waals surface area (Å²) in [6, 6.07) is 4.42. The molecule has 5 heteroatoms. The molecule has 0 N–H and O–H groups in total. The summed E-state index contributed by atoms with van der Waals surface area (Å²) in [4.78, 5) is 17.9. The summed E-state index contributed by atoms with van der Waals surface area (Å²) in [6.07, 6.45) is 3.78. The number of piperidine rings is 1. The van der Waals surface area contributed by atoms with E-state index in [1.165, 1.54) is 4.88 Å². The molecule has 1 atom stereocenters. The monoisotopic (exact) mass is 320 g/mol. The maximum atomic E-state index is 12.0. The Kier molecular flexibility index (Phi) is 4.66. The van der Waals surface area contributed by atoms with Crippen molar-refractivity contribution in [3.8, 4) is 0 Å². The van der Waals surface area contributed by atoms with Gasteiger partial charge in [-0.1, -0.05) is 12.1 Å². The lowest BCUT2D eigenvalue weighted by molar-refractivity contribution is -0.185. The number of nitrogens with zero attached hydrogens (tertiary/aromatic N) is 2. The fraction of sp³-hybridized carbons (Fsp3) is 0.588. The van der Waals surface area contributed by atoms with Crippen molar-refractivity contribution in [3.05, 3.63) is 35.0 Å². The van der Waals surface area contributed by atoms with Crippen molar-refractivity contribution in [1.29, 1.82) is 0 Å². The van der Waals surface area contributed by atoms with Gasteiger partial charge in [-0.25, -0.2) is 0 Å². The second-order valence-electron chi connectivity index (χ2n) is 6.22. The predicted octanol–water partition coefficient (Wildman–Crippen LogP) is 2.52. The lowest BCUT2D eigenvalue weighted by Gasteiger charge is -2.51. The number of thiophene rings is 1. The van der Waals surface area contributed by atoms with E-state index in [0.717, 1.165) is 32.5 Å². The number of rotatable bonds is 4. The molecule has 0 saturated carbocycles. The van der Waals surface area contributed by atoms with Gasteiger partial charge in [0.2, 0.25) is 5.91 Å². The standard InChI is InChI=1S/C17H24N2O2S/c1-3-8-19-14(2)17(21-13-16(19)20)6-9-18(10-7-17)12-15-5-4-11-22-15/h3-5,11,14H,1,6-10,12-13H2,2H3. The molecule has 3 heterocycles. The highest BCUT2D eigenvalue weighted by Gasteiger charge is 2.47. The van der Waals surface area contributed by atoms with Gasteiger partial charge in [-0.2, -0.15) is 0 Å². The van der Waals surface area contributed by atoms with Crippen LogP contribution in [-0.2, 0) is 16.1 Å². The Morgan fingerprint density at radius 3 is 2.91 bits per heavy atom. The summed E-state index contributed by atoms with van der Waals surface area (Å²) in [5.74, 6) is 0.0824. The Morgan fingerprint density at radius 1 is 1.50 bits per heavy atom. The average molecular weight is 320 g/mol. The number of hydrogen-bond acceptors (Lipinski definition) is 4. The second kappa shape index (κ2) is 6.52. The van der Waals surface area contributed by atoms with E-state index in [1.807, 2.05) is 16.2 Å². The zero-order valence-corrected chi connectivity index (χ0v) is 14.0. The molecule has 120 valence electrons. The highest BCUT2D eigenvalue weighted by Crippen LogP contribution is 2.36. The Morgan fingerprint density at radius 2 is 2.27 bits per heavy atom. The van der Waals surface area contributed by atoms with Gasteiger partial charge in [0, 0.05) is 31.1 Å². The Hall–Kier alpha value is -1.17. The van der Waals surface area contributed by atoms with Crippen molar-refractivity contribution in [2.45, 2.75) is 38.0 Å². The fourth-order valence-corrected chi connectivity index (χ4v) is 4.33. The van der Waals surface area contributed by atoms with Crippen LogP contribution in [0, 0.1) is 0 Å². The zero-order chi connectivity index (χ0) is 15.6. The van der Waals surface area contributed by atoms with Crippen molar-refractivity contribution in [1.82, 2.24) is 9.80 Å². The van der Waals surface area contributed by atoms with Crippen LogP contribution in [0.1, 0.15) is 24.6 Å². The van der Waals surface area contributed by atoms with Gasteiger partial charge in [0.05, 0.1) is 11.6 Å². The maximum absolute atomic E-state index is 12.0. The molecule has 3 rings (SSSR count). The van der Waals surface area contributed by atoms with Crippen LogP contribution in [0.4, 0.5) is 0 Å². The average Bonchev–Trinajstić information content (AvgIpc) is 3.03. The molecule has 1 aromatic heterocycles. The third-order valence-corrected chi connectivity index (χ3v) is 5.88. The Balaban J connectivity index is 1.63. The van der Waals surface area contributed by atoms with E-state index in [2.05, 4.69) is 35.9 Å². The van der Waals surface area contributed by atoms with Gasteiger partial charge in [0.25, 0.3) is 0 Å². The van der Waals surface area contributed by atoms with Crippen molar-refractivity contribution in [3.63, 3.8) is 0 Å². The van der Waals surface area contributed by atoms with Crippen LogP contribution in [-0.4, -0.2) is 53.6 Å². The summed E-state index contributed by atoms with van der Waals surface area (Å²) < 4.78 is 6.04. The predicted molar refractivity (Wildman–Crippen MR) is 88.9 cm³/mol. The number of amides is 1. The summed E-state index contributed by atoms with van der Waals surface area (Å²) in [5.41, 5.74) is -0.178. The third-order valence-electron chi connectivity index (χ3n) is 5.02. The van der Waals surface area contributed by atoms with E-state index < -0.39 is 0 Å². The lowest BCUT2D eigenvalue weighted by atomic mass is 9.82. The summed E-state index contributed by atoms with van der Waals surface area (Å²) >= 11 is 1.81. The maximum Gasteiger partial charge on any atom is 0.249 e. The molecule has 1 amide bonds. The molecule has 0 bridgehead atoms. The third kappa shape index (κ3) is 2.98. The summed E-state index contributed by atoms with van der Waals surface area (Å²) in [5, 5.41) is 2.13. The van der Waals surface area contributed by atoms with Crippen molar-refractivity contribution >= 4 is 17.2 Å². The number of ether oxygens (including phenoxy) is 1. The first-order valence-corrected chi connectivity index (χ1v) is 8.82. The van der Waals surface area contributed by atoms with Crippen LogP contribution in [0.5, 0.6) is 0 Å². The molecule has 0 aromatic carbocycles. The molecule has 1 spiro atoms. The van der Waals surface area contributed by atoms with Gasteiger partial charge < -0.3 is 9.64 Å². The van der Waals surface area contributed by atoms with Gasteiger partial charge in [-0.05, 0) is 31.2 Å².